The fourth-order valence-corrected chi connectivity index (χ4v) is 4.82. The first kappa shape index (κ1) is 31.7. The van der Waals surface area contributed by atoms with Gasteiger partial charge in [-0.25, -0.2) is 0 Å². The lowest BCUT2D eigenvalue weighted by molar-refractivity contribution is 0.133. The van der Waals surface area contributed by atoms with Crippen LogP contribution in [-0.2, 0) is 4.74 Å². The second-order valence-electron chi connectivity index (χ2n) is 9.79. The molecule has 0 N–H and O–H groups in total. The highest BCUT2D eigenvalue weighted by atomic mass is 32.1. The van der Waals surface area contributed by atoms with E-state index in [0.29, 0.717) is 10.5 Å². The molecule has 0 aromatic carbocycles. The fraction of sp³-hybridized carbons (Fsp3) is 1.00. The summed E-state index contributed by atoms with van der Waals surface area (Å²) < 4.78 is 5.89. The summed E-state index contributed by atoms with van der Waals surface area (Å²) in [5.41, 5.74) is 0. The number of rotatable bonds is 26. The van der Waals surface area contributed by atoms with Crippen molar-refractivity contribution in [2.75, 3.05) is 13.2 Å². The molecule has 0 aromatic rings. The van der Waals surface area contributed by atoms with Crippen molar-refractivity contribution in [3.8, 4) is 0 Å². The monoisotopic (exact) mass is 474 g/mol. The van der Waals surface area contributed by atoms with E-state index in [0.717, 1.165) is 13.2 Å². The molecule has 0 rings (SSSR count). The zero-order valence-corrected chi connectivity index (χ0v) is 23.2. The molecule has 2 unspecified atom stereocenters. The minimum Gasteiger partial charge on any atom is -0.379 e. The van der Waals surface area contributed by atoms with E-state index in [4.69, 9.17) is 30.0 Å². The standard InChI is InChI=1S/C28H58OS2/c1-3-5-7-9-11-13-15-17-19-21-23-27(30)25-29-26-28(31)24-22-20-18-16-14-12-10-8-6-4-2/h27-28,30-31H,3-26H2,1-2H3. The fourth-order valence-electron chi connectivity index (χ4n) is 4.24. The van der Waals surface area contributed by atoms with Crippen molar-refractivity contribution in [3.63, 3.8) is 0 Å². The van der Waals surface area contributed by atoms with Crippen molar-refractivity contribution in [1.82, 2.24) is 0 Å². The maximum Gasteiger partial charge on any atom is 0.0583 e. The number of ether oxygens (including phenoxy) is 1. The van der Waals surface area contributed by atoms with Crippen LogP contribution in [-0.4, -0.2) is 23.7 Å². The predicted molar refractivity (Wildman–Crippen MR) is 149 cm³/mol. The molecule has 3 heteroatoms. The molecule has 0 radical (unpaired) electrons. The lowest BCUT2D eigenvalue weighted by atomic mass is 10.1. The zero-order valence-electron chi connectivity index (χ0n) is 21.4. The number of hydrogen-bond acceptors (Lipinski definition) is 3. The highest BCUT2D eigenvalue weighted by Gasteiger charge is 2.07. The van der Waals surface area contributed by atoms with Crippen molar-refractivity contribution in [3.05, 3.63) is 0 Å². The third kappa shape index (κ3) is 26.8. The van der Waals surface area contributed by atoms with Crippen molar-refractivity contribution in [2.24, 2.45) is 0 Å². The normalized spacial score (nSPS) is 13.5. The van der Waals surface area contributed by atoms with Gasteiger partial charge < -0.3 is 4.74 Å². The van der Waals surface area contributed by atoms with Gasteiger partial charge in [0, 0.05) is 10.5 Å². The van der Waals surface area contributed by atoms with E-state index in [9.17, 15) is 0 Å². The Balaban J connectivity index is 3.28. The summed E-state index contributed by atoms with van der Waals surface area (Å²) in [6.45, 7) is 6.15. The van der Waals surface area contributed by atoms with Gasteiger partial charge in [-0.3, -0.25) is 0 Å². The molecule has 0 aliphatic rings. The van der Waals surface area contributed by atoms with Gasteiger partial charge in [0.05, 0.1) is 13.2 Å². The van der Waals surface area contributed by atoms with E-state index < -0.39 is 0 Å². The Morgan fingerprint density at radius 2 is 0.677 bits per heavy atom. The first-order valence-electron chi connectivity index (χ1n) is 14.1. The van der Waals surface area contributed by atoms with Crippen LogP contribution in [0.4, 0.5) is 0 Å². The largest absolute Gasteiger partial charge is 0.379 e. The molecular formula is C28H58OS2. The molecule has 31 heavy (non-hydrogen) atoms. The molecule has 0 aliphatic carbocycles. The Hall–Kier alpha value is 0.660. The van der Waals surface area contributed by atoms with Gasteiger partial charge in [-0.05, 0) is 12.8 Å². The molecular weight excluding hydrogens is 416 g/mol. The smallest absolute Gasteiger partial charge is 0.0583 e. The topological polar surface area (TPSA) is 9.23 Å². The average Bonchev–Trinajstić information content (AvgIpc) is 2.76. The number of hydrogen-bond donors (Lipinski definition) is 2. The van der Waals surface area contributed by atoms with E-state index in [1.54, 1.807) is 0 Å². The highest BCUT2D eigenvalue weighted by molar-refractivity contribution is 7.81. The summed E-state index contributed by atoms with van der Waals surface area (Å²) in [7, 11) is 0. The molecule has 0 bridgehead atoms. The van der Waals surface area contributed by atoms with E-state index >= 15 is 0 Å². The Morgan fingerprint density at radius 1 is 0.419 bits per heavy atom. The molecule has 0 spiro atoms. The zero-order chi connectivity index (χ0) is 22.8. The van der Waals surface area contributed by atoms with Crippen molar-refractivity contribution in [1.29, 1.82) is 0 Å². The molecule has 2 atom stereocenters. The van der Waals surface area contributed by atoms with Crippen LogP contribution in [0, 0.1) is 0 Å². The molecule has 0 fully saturated rings. The summed E-state index contributed by atoms with van der Waals surface area (Å²) in [6.07, 6.45) is 30.3. The summed E-state index contributed by atoms with van der Waals surface area (Å²) >= 11 is 9.44. The van der Waals surface area contributed by atoms with Crippen LogP contribution >= 0.6 is 25.3 Å². The van der Waals surface area contributed by atoms with Crippen molar-refractivity contribution < 1.29 is 4.74 Å². The molecule has 0 heterocycles. The first-order chi connectivity index (χ1) is 15.2. The SMILES string of the molecule is CCCCCCCCCCCCC(S)COCC(S)CCCCCCCCCCCC. The summed E-state index contributed by atoms with van der Waals surface area (Å²) in [5, 5.41) is 0.791. The van der Waals surface area contributed by atoms with Crippen LogP contribution in [0.3, 0.4) is 0 Å². The van der Waals surface area contributed by atoms with Crippen LogP contribution in [0.1, 0.15) is 155 Å². The predicted octanol–water partition coefficient (Wildman–Crippen LogP) is 10.2. The molecule has 0 aromatic heterocycles. The lowest BCUT2D eigenvalue weighted by Gasteiger charge is -2.14. The molecule has 0 saturated carbocycles. The molecule has 0 saturated heterocycles. The van der Waals surface area contributed by atoms with E-state index in [1.807, 2.05) is 0 Å². The second kappa shape index (κ2) is 26.9. The summed E-state index contributed by atoms with van der Waals surface area (Å²) in [6, 6.07) is 0. The van der Waals surface area contributed by atoms with Gasteiger partial charge in [-0.1, -0.05) is 142 Å². The average molecular weight is 475 g/mol. The Morgan fingerprint density at radius 3 is 0.968 bits per heavy atom. The highest BCUT2D eigenvalue weighted by Crippen LogP contribution is 2.16. The molecule has 188 valence electrons. The molecule has 0 aliphatic heterocycles. The van der Waals surface area contributed by atoms with Crippen molar-refractivity contribution >= 4 is 25.3 Å². The first-order valence-corrected chi connectivity index (χ1v) is 15.2. The van der Waals surface area contributed by atoms with Crippen LogP contribution in [0.15, 0.2) is 0 Å². The van der Waals surface area contributed by atoms with Crippen LogP contribution in [0.25, 0.3) is 0 Å². The Kier molecular flexibility index (Phi) is 27.5. The maximum absolute atomic E-state index is 5.89. The molecule has 1 nitrogen and oxygen atoms in total. The Bertz CT molecular complexity index is 294. The van der Waals surface area contributed by atoms with Gasteiger partial charge >= 0.3 is 0 Å². The third-order valence-electron chi connectivity index (χ3n) is 6.40. The molecule has 0 amide bonds. The van der Waals surface area contributed by atoms with Crippen molar-refractivity contribution in [2.45, 2.75) is 166 Å². The summed E-state index contributed by atoms with van der Waals surface area (Å²) in [4.78, 5) is 0. The summed E-state index contributed by atoms with van der Waals surface area (Å²) in [5.74, 6) is 0. The van der Waals surface area contributed by atoms with Gasteiger partial charge in [-0.2, -0.15) is 25.3 Å². The van der Waals surface area contributed by atoms with Crippen LogP contribution in [0.5, 0.6) is 0 Å². The lowest BCUT2D eigenvalue weighted by Crippen LogP contribution is -2.15. The Labute approximate surface area is 208 Å². The number of unbranched alkanes of at least 4 members (excludes halogenated alkanes) is 18. The van der Waals surface area contributed by atoms with Gasteiger partial charge in [0.2, 0.25) is 0 Å². The maximum atomic E-state index is 5.89. The minimum atomic E-state index is 0.395. The van der Waals surface area contributed by atoms with Gasteiger partial charge in [0.15, 0.2) is 0 Å². The quantitative estimate of drug-likeness (QED) is 0.0936. The van der Waals surface area contributed by atoms with E-state index in [2.05, 4.69) is 13.8 Å². The number of thiol groups is 2. The van der Waals surface area contributed by atoms with Crippen LogP contribution < -0.4 is 0 Å². The van der Waals surface area contributed by atoms with Crippen LogP contribution in [0.2, 0.25) is 0 Å². The van der Waals surface area contributed by atoms with Gasteiger partial charge in [-0.15, -0.1) is 0 Å². The van der Waals surface area contributed by atoms with Gasteiger partial charge in [0.25, 0.3) is 0 Å². The van der Waals surface area contributed by atoms with E-state index in [-0.39, 0.29) is 0 Å². The van der Waals surface area contributed by atoms with E-state index in [1.165, 1.54) is 141 Å². The van der Waals surface area contributed by atoms with Gasteiger partial charge in [0.1, 0.15) is 0 Å². The third-order valence-corrected chi connectivity index (χ3v) is 7.22. The minimum absolute atomic E-state index is 0.395. The second-order valence-corrected chi connectivity index (χ2v) is 11.2.